The van der Waals surface area contributed by atoms with E-state index in [0.717, 1.165) is 23.1 Å². The zero-order chi connectivity index (χ0) is 23.8. The van der Waals surface area contributed by atoms with Gasteiger partial charge < -0.3 is 14.6 Å². The van der Waals surface area contributed by atoms with Gasteiger partial charge in [0, 0.05) is 17.3 Å². The molecule has 34 heavy (non-hydrogen) atoms. The van der Waals surface area contributed by atoms with Crippen LogP contribution in [-0.4, -0.2) is 30.0 Å². The Balaban J connectivity index is 1.68. The Morgan fingerprint density at radius 1 is 0.941 bits per heavy atom. The first-order chi connectivity index (χ1) is 16.5. The van der Waals surface area contributed by atoms with Crippen LogP contribution in [0.15, 0.2) is 72.3 Å². The lowest BCUT2D eigenvalue weighted by molar-refractivity contribution is -0.132. The molecule has 2 aliphatic heterocycles. The molecule has 1 unspecified atom stereocenters. The maximum absolute atomic E-state index is 13.3. The van der Waals surface area contributed by atoms with Gasteiger partial charge in [-0.3, -0.25) is 14.5 Å². The van der Waals surface area contributed by atoms with Crippen molar-refractivity contribution in [2.75, 3.05) is 18.1 Å². The Morgan fingerprint density at radius 2 is 1.62 bits per heavy atom. The highest BCUT2D eigenvalue weighted by molar-refractivity contribution is 6.51. The monoisotopic (exact) mass is 455 g/mol. The normalized spacial score (nSPS) is 18.9. The number of aliphatic hydroxyl groups is 1. The summed E-state index contributed by atoms with van der Waals surface area (Å²) in [7, 11) is 0. The number of hydrogen-bond donors (Lipinski definition) is 1. The van der Waals surface area contributed by atoms with Crippen molar-refractivity contribution in [3.05, 3.63) is 94.6 Å². The van der Waals surface area contributed by atoms with Gasteiger partial charge in [-0.15, -0.1) is 0 Å². The van der Waals surface area contributed by atoms with Crippen molar-refractivity contribution >= 4 is 23.1 Å². The number of anilines is 1. The Morgan fingerprint density at radius 3 is 2.29 bits per heavy atom. The molecule has 0 aliphatic carbocycles. The minimum Gasteiger partial charge on any atom is -0.507 e. The van der Waals surface area contributed by atoms with E-state index in [9.17, 15) is 14.7 Å². The second-order valence-electron chi connectivity index (χ2n) is 8.46. The van der Waals surface area contributed by atoms with E-state index in [1.165, 1.54) is 4.90 Å². The highest BCUT2D eigenvalue weighted by Crippen LogP contribution is 2.44. The van der Waals surface area contributed by atoms with Gasteiger partial charge in [0.1, 0.15) is 19.0 Å². The fourth-order valence-electron chi connectivity index (χ4n) is 4.40. The molecule has 1 atom stereocenters. The summed E-state index contributed by atoms with van der Waals surface area (Å²) in [6.07, 6.45) is 0.867. The van der Waals surface area contributed by atoms with Gasteiger partial charge in [0.15, 0.2) is 11.5 Å². The lowest BCUT2D eigenvalue weighted by atomic mass is 9.94. The third kappa shape index (κ3) is 3.71. The van der Waals surface area contributed by atoms with Crippen LogP contribution < -0.4 is 14.4 Å². The molecule has 1 N–H and O–H groups in total. The number of carbonyl (C=O) groups excluding carboxylic acids is 2. The number of ketones is 1. The first-order valence-corrected chi connectivity index (χ1v) is 11.3. The Hall–Kier alpha value is -4.06. The van der Waals surface area contributed by atoms with Gasteiger partial charge in [-0.25, -0.2) is 0 Å². The average molecular weight is 456 g/mol. The van der Waals surface area contributed by atoms with Crippen molar-refractivity contribution in [2.45, 2.75) is 26.3 Å². The number of rotatable bonds is 4. The summed E-state index contributed by atoms with van der Waals surface area (Å²) in [6, 6.07) is 19.4. The Kier molecular flexibility index (Phi) is 5.57. The molecular weight excluding hydrogens is 430 g/mol. The first-order valence-electron chi connectivity index (χ1n) is 11.3. The first kappa shape index (κ1) is 21.8. The predicted molar refractivity (Wildman–Crippen MR) is 129 cm³/mol. The minimum atomic E-state index is -0.783. The van der Waals surface area contributed by atoms with Crippen LogP contribution in [0, 0.1) is 6.92 Å². The van der Waals surface area contributed by atoms with Crippen LogP contribution in [-0.2, 0) is 16.0 Å². The third-order valence-corrected chi connectivity index (χ3v) is 6.28. The number of carbonyl (C=O) groups is 2. The zero-order valence-electron chi connectivity index (χ0n) is 19.1. The molecule has 0 bridgehead atoms. The fraction of sp³-hybridized carbons (Fsp3) is 0.214. The van der Waals surface area contributed by atoms with Crippen LogP contribution in [0.4, 0.5) is 5.69 Å². The molecule has 2 aliphatic rings. The number of aliphatic hydroxyl groups excluding tert-OH is 1. The van der Waals surface area contributed by atoms with Gasteiger partial charge in [0.2, 0.25) is 0 Å². The number of ether oxygens (including phenoxy) is 2. The molecule has 1 fully saturated rings. The van der Waals surface area contributed by atoms with Gasteiger partial charge >= 0.3 is 0 Å². The van der Waals surface area contributed by atoms with Gasteiger partial charge in [-0.2, -0.15) is 0 Å². The minimum absolute atomic E-state index is 0.0630. The Bertz CT molecular complexity index is 1290. The van der Waals surface area contributed by atoms with Crippen molar-refractivity contribution in [3.63, 3.8) is 0 Å². The van der Waals surface area contributed by atoms with Crippen molar-refractivity contribution in [1.29, 1.82) is 0 Å². The topological polar surface area (TPSA) is 76.1 Å². The average Bonchev–Trinajstić information content (AvgIpc) is 3.14. The second-order valence-corrected chi connectivity index (χ2v) is 8.46. The van der Waals surface area contributed by atoms with Crippen LogP contribution in [0.1, 0.15) is 35.2 Å². The van der Waals surface area contributed by atoms with Crippen LogP contribution in [0.25, 0.3) is 5.76 Å². The van der Waals surface area contributed by atoms with Crippen molar-refractivity contribution in [3.8, 4) is 11.5 Å². The quantitative estimate of drug-likeness (QED) is 0.342. The van der Waals surface area contributed by atoms with E-state index in [1.54, 1.807) is 30.3 Å². The molecule has 2 heterocycles. The molecule has 6 nitrogen and oxygen atoms in total. The maximum atomic E-state index is 13.3. The van der Waals surface area contributed by atoms with Gasteiger partial charge in [0.25, 0.3) is 11.7 Å². The largest absolute Gasteiger partial charge is 0.507 e. The third-order valence-electron chi connectivity index (χ3n) is 6.28. The molecule has 0 radical (unpaired) electrons. The van der Waals surface area contributed by atoms with Gasteiger partial charge in [-0.05, 0) is 36.6 Å². The van der Waals surface area contributed by atoms with Gasteiger partial charge in [-0.1, -0.05) is 61.0 Å². The van der Waals surface area contributed by atoms with Crippen LogP contribution in [0.3, 0.4) is 0 Å². The number of Topliss-reactive ketones (excluding diaryl/α,β-unsaturated/α-hetero) is 1. The molecule has 172 valence electrons. The van der Waals surface area contributed by atoms with E-state index in [0.29, 0.717) is 36.0 Å². The summed E-state index contributed by atoms with van der Waals surface area (Å²) in [4.78, 5) is 28.1. The number of amides is 1. The van der Waals surface area contributed by atoms with Crippen LogP contribution in [0.5, 0.6) is 11.5 Å². The molecule has 0 aromatic heterocycles. The second kappa shape index (κ2) is 8.71. The summed E-state index contributed by atoms with van der Waals surface area (Å²) in [5, 5.41) is 11.2. The predicted octanol–water partition coefficient (Wildman–Crippen LogP) is 4.95. The number of nitrogens with zero attached hydrogens (tertiary/aromatic N) is 1. The molecule has 5 rings (SSSR count). The number of hydrogen-bond acceptors (Lipinski definition) is 5. The van der Waals surface area contributed by atoms with Crippen LogP contribution >= 0.6 is 0 Å². The fourth-order valence-corrected chi connectivity index (χ4v) is 4.40. The SMILES string of the molecule is CCc1ccc(C2/C(=C(\O)c3ccc(C)cc3)C(=O)C(=O)N2c2ccc3c(c2)OCCO3)cc1. The number of fused-ring (bicyclic) bond motifs is 1. The molecule has 0 spiro atoms. The lowest BCUT2D eigenvalue weighted by Crippen LogP contribution is -2.29. The molecule has 0 saturated carbocycles. The molecule has 3 aromatic rings. The number of benzene rings is 3. The zero-order valence-corrected chi connectivity index (χ0v) is 19.1. The summed E-state index contributed by atoms with van der Waals surface area (Å²) in [5.41, 5.74) is 3.95. The molecule has 3 aromatic carbocycles. The van der Waals surface area contributed by atoms with E-state index in [-0.39, 0.29) is 11.3 Å². The molecule has 6 heteroatoms. The molecular formula is C28H25NO5. The molecule has 1 amide bonds. The summed E-state index contributed by atoms with van der Waals surface area (Å²) in [6.45, 7) is 4.87. The smallest absolute Gasteiger partial charge is 0.300 e. The van der Waals surface area contributed by atoms with Crippen molar-refractivity contribution in [1.82, 2.24) is 0 Å². The summed E-state index contributed by atoms with van der Waals surface area (Å²) >= 11 is 0. The lowest BCUT2D eigenvalue weighted by Gasteiger charge is -2.27. The standard InChI is InChI=1S/C28H25NO5/c1-3-18-6-10-19(11-7-18)25-24(26(30)20-8-4-17(2)5-9-20)27(31)28(32)29(25)21-12-13-22-23(16-21)34-15-14-33-22/h4-13,16,25,30H,3,14-15H2,1-2H3/b26-24+. The van der Waals surface area contributed by atoms with Crippen LogP contribution in [0.2, 0.25) is 0 Å². The van der Waals surface area contributed by atoms with Crippen molar-refractivity contribution in [2.24, 2.45) is 0 Å². The van der Waals surface area contributed by atoms with Gasteiger partial charge in [0.05, 0.1) is 11.6 Å². The molecule has 1 saturated heterocycles. The number of aryl methyl sites for hydroxylation is 2. The van der Waals surface area contributed by atoms with E-state index >= 15 is 0 Å². The Labute approximate surface area is 198 Å². The van der Waals surface area contributed by atoms with E-state index in [2.05, 4.69) is 6.92 Å². The maximum Gasteiger partial charge on any atom is 0.300 e. The highest BCUT2D eigenvalue weighted by Gasteiger charge is 2.47. The van der Waals surface area contributed by atoms with Crippen molar-refractivity contribution < 1.29 is 24.2 Å². The van der Waals surface area contributed by atoms with E-state index in [4.69, 9.17) is 9.47 Å². The summed E-state index contributed by atoms with van der Waals surface area (Å²) in [5.74, 6) is -0.505. The highest BCUT2D eigenvalue weighted by atomic mass is 16.6. The van der Waals surface area contributed by atoms with E-state index < -0.39 is 17.7 Å². The summed E-state index contributed by atoms with van der Waals surface area (Å²) < 4.78 is 11.3. The van der Waals surface area contributed by atoms with E-state index in [1.807, 2.05) is 43.3 Å².